The first-order valence-electron chi connectivity index (χ1n) is 5.30. The fraction of sp³-hybridized carbons (Fsp3) is 0.154. The van der Waals surface area contributed by atoms with Gasteiger partial charge in [0, 0.05) is 17.3 Å². The molecule has 3 heteroatoms. The molecule has 2 heterocycles. The van der Waals surface area contributed by atoms with Crippen molar-refractivity contribution in [2.75, 3.05) is 5.75 Å². The molecule has 16 heavy (non-hydrogen) atoms. The smallest absolute Gasteiger partial charge is 0.268 e. The van der Waals surface area contributed by atoms with Gasteiger partial charge in [0.25, 0.3) is 5.91 Å². The van der Waals surface area contributed by atoms with E-state index in [1.165, 1.54) is 0 Å². The molecule has 0 spiro atoms. The minimum absolute atomic E-state index is 0.101. The highest BCUT2D eigenvalue weighted by molar-refractivity contribution is 8.04. The summed E-state index contributed by atoms with van der Waals surface area (Å²) in [6.07, 6.45) is 4.89. The summed E-state index contributed by atoms with van der Waals surface area (Å²) in [5, 5.41) is 1.11. The van der Waals surface area contributed by atoms with Gasteiger partial charge >= 0.3 is 0 Å². The number of thioether (sulfide) groups is 1. The van der Waals surface area contributed by atoms with Crippen LogP contribution in [0.15, 0.2) is 47.5 Å². The Bertz CT molecular complexity index is 582. The van der Waals surface area contributed by atoms with Gasteiger partial charge in [-0.05, 0) is 18.6 Å². The van der Waals surface area contributed by atoms with Crippen molar-refractivity contribution in [1.29, 1.82) is 0 Å². The van der Waals surface area contributed by atoms with Gasteiger partial charge in [-0.15, -0.1) is 11.8 Å². The third-order valence-electron chi connectivity index (χ3n) is 2.73. The van der Waals surface area contributed by atoms with Crippen LogP contribution in [0.1, 0.15) is 11.2 Å². The Hall–Kier alpha value is -1.48. The average molecular weight is 229 g/mol. The molecule has 0 radical (unpaired) electrons. The number of allylic oxidation sites excluding steroid dienone is 2. The zero-order valence-electron chi connectivity index (χ0n) is 8.72. The Morgan fingerprint density at radius 2 is 2.12 bits per heavy atom. The summed E-state index contributed by atoms with van der Waals surface area (Å²) in [4.78, 5) is 13.1. The van der Waals surface area contributed by atoms with Gasteiger partial charge in [0.15, 0.2) is 0 Å². The molecule has 0 N–H and O–H groups in total. The number of para-hydroxylation sites is 1. The van der Waals surface area contributed by atoms with E-state index in [1.807, 2.05) is 42.6 Å². The maximum absolute atomic E-state index is 12.2. The van der Waals surface area contributed by atoms with Crippen molar-refractivity contribution in [2.45, 2.75) is 6.42 Å². The number of carbonyl (C=O) groups is 1. The van der Waals surface area contributed by atoms with E-state index >= 15 is 0 Å². The van der Waals surface area contributed by atoms with Gasteiger partial charge in [-0.1, -0.05) is 24.3 Å². The molecule has 0 saturated heterocycles. The number of nitrogens with zero attached hydrogens (tertiary/aromatic N) is 1. The lowest BCUT2D eigenvalue weighted by Gasteiger charge is -2.03. The second-order valence-corrected chi connectivity index (χ2v) is 4.89. The Labute approximate surface area is 97.9 Å². The van der Waals surface area contributed by atoms with Crippen LogP contribution in [-0.2, 0) is 0 Å². The molecule has 0 amide bonds. The van der Waals surface area contributed by atoms with Crippen LogP contribution in [0.3, 0.4) is 0 Å². The molecule has 1 aromatic carbocycles. The molecule has 0 unspecified atom stereocenters. The normalized spacial score (nSPS) is 15.4. The van der Waals surface area contributed by atoms with E-state index in [4.69, 9.17) is 0 Å². The molecule has 1 aromatic heterocycles. The number of aromatic nitrogens is 1. The minimum Gasteiger partial charge on any atom is -0.283 e. The molecule has 2 nitrogen and oxygen atoms in total. The summed E-state index contributed by atoms with van der Waals surface area (Å²) >= 11 is 1.65. The first kappa shape index (κ1) is 9.73. The number of hydrogen-bond donors (Lipinski definition) is 0. The molecule has 0 aliphatic carbocycles. The van der Waals surface area contributed by atoms with Gasteiger partial charge in [-0.3, -0.25) is 9.36 Å². The number of rotatable bonds is 1. The summed E-state index contributed by atoms with van der Waals surface area (Å²) < 4.78 is 1.74. The van der Waals surface area contributed by atoms with Crippen LogP contribution in [0.25, 0.3) is 10.9 Å². The van der Waals surface area contributed by atoms with E-state index in [0.717, 1.165) is 28.0 Å². The van der Waals surface area contributed by atoms with Crippen molar-refractivity contribution >= 4 is 28.6 Å². The molecule has 80 valence electrons. The quantitative estimate of drug-likeness (QED) is 0.748. The third kappa shape index (κ3) is 1.48. The monoisotopic (exact) mass is 229 g/mol. The third-order valence-corrected chi connectivity index (χ3v) is 3.83. The maximum atomic E-state index is 12.2. The summed E-state index contributed by atoms with van der Waals surface area (Å²) in [6, 6.07) is 9.93. The Balaban J connectivity index is 2.09. The van der Waals surface area contributed by atoms with Crippen molar-refractivity contribution in [2.24, 2.45) is 0 Å². The van der Waals surface area contributed by atoms with Crippen LogP contribution in [0.5, 0.6) is 0 Å². The molecule has 1 aliphatic heterocycles. The van der Waals surface area contributed by atoms with Crippen molar-refractivity contribution < 1.29 is 4.79 Å². The number of carbonyl (C=O) groups excluding carboxylic acids is 1. The highest BCUT2D eigenvalue weighted by atomic mass is 32.2. The zero-order valence-corrected chi connectivity index (χ0v) is 9.54. The van der Waals surface area contributed by atoms with Crippen molar-refractivity contribution in [3.63, 3.8) is 0 Å². The predicted molar refractivity (Wildman–Crippen MR) is 67.7 cm³/mol. The lowest BCUT2D eigenvalue weighted by atomic mass is 10.2. The summed E-state index contributed by atoms with van der Waals surface area (Å²) in [7, 11) is 0. The molecular formula is C13H11NOS. The molecule has 1 aliphatic rings. The van der Waals surface area contributed by atoms with E-state index in [9.17, 15) is 4.79 Å². The highest BCUT2D eigenvalue weighted by Crippen LogP contribution is 2.27. The molecular weight excluding hydrogens is 218 g/mol. The summed E-state index contributed by atoms with van der Waals surface area (Å²) in [5.41, 5.74) is 0.987. The van der Waals surface area contributed by atoms with Gasteiger partial charge in [0.05, 0.1) is 10.4 Å². The Kier molecular flexibility index (Phi) is 2.33. The zero-order chi connectivity index (χ0) is 11.0. The molecule has 0 fully saturated rings. The lowest BCUT2D eigenvalue weighted by molar-refractivity contribution is 0.0970. The first-order valence-corrected chi connectivity index (χ1v) is 6.28. The van der Waals surface area contributed by atoms with Crippen LogP contribution in [0.4, 0.5) is 0 Å². The van der Waals surface area contributed by atoms with Gasteiger partial charge in [-0.2, -0.15) is 0 Å². The average Bonchev–Trinajstić information content (AvgIpc) is 2.98. The van der Waals surface area contributed by atoms with Crippen LogP contribution in [0, 0.1) is 0 Å². The highest BCUT2D eigenvalue weighted by Gasteiger charge is 2.16. The standard InChI is InChI=1S/C13H11NOS/c15-13(12-6-3-9-16-12)14-8-7-10-4-1-2-5-11(10)14/h1-2,4-8H,3,9H2. The van der Waals surface area contributed by atoms with E-state index in [2.05, 4.69) is 0 Å². The van der Waals surface area contributed by atoms with Gasteiger partial charge in [0.1, 0.15) is 0 Å². The minimum atomic E-state index is 0.101. The fourth-order valence-electron chi connectivity index (χ4n) is 1.95. The van der Waals surface area contributed by atoms with E-state index in [1.54, 1.807) is 16.3 Å². The second kappa shape index (κ2) is 3.83. The largest absolute Gasteiger partial charge is 0.283 e. The fourth-order valence-corrected chi connectivity index (χ4v) is 2.86. The van der Waals surface area contributed by atoms with Crippen molar-refractivity contribution in [1.82, 2.24) is 4.57 Å². The Morgan fingerprint density at radius 1 is 1.25 bits per heavy atom. The van der Waals surface area contributed by atoms with Gasteiger partial charge in [-0.25, -0.2) is 0 Å². The maximum Gasteiger partial charge on any atom is 0.268 e. The van der Waals surface area contributed by atoms with Crippen LogP contribution in [0.2, 0.25) is 0 Å². The number of fused-ring (bicyclic) bond motifs is 1. The van der Waals surface area contributed by atoms with Crippen LogP contribution in [-0.4, -0.2) is 16.2 Å². The van der Waals surface area contributed by atoms with Crippen LogP contribution >= 0.6 is 11.8 Å². The van der Waals surface area contributed by atoms with Gasteiger partial charge in [0.2, 0.25) is 0 Å². The topological polar surface area (TPSA) is 22.0 Å². The van der Waals surface area contributed by atoms with Gasteiger partial charge < -0.3 is 0 Å². The molecule has 2 aromatic rings. The van der Waals surface area contributed by atoms with Crippen molar-refractivity contribution in [3.8, 4) is 0 Å². The summed E-state index contributed by atoms with van der Waals surface area (Å²) in [5.74, 6) is 1.13. The lowest BCUT2D eigenvalue weighted by Crippen LogP contribution is -2.09. The second-order valence-electron chi connectivity index (χ2n) is 3.76. The van der Waals surface area contributed by atoms with E-state index < -0.39 is 0 Å². The number of hydrogen-bond acceptors (Lipinski definition) is 2. The summed E-state index contributed by atoms with van der Waals surface area (Å²) in [6.45, 7) is 0. The first-order chi connectivity index (χ1) is 7.86. The molecule has 0 atom stereocenters. The van der Waals surface area contributed by atoms with Crippen molar-refractivity contribution in [3.05, 3.63) is 47.5 Å². The Morgan fingerprint density at radius 3 is 2.94 bits per heavy atom. The molecule has 3 rings (SSSR count). The van der Waals surface area contributed by atoms with E-state index in [-0.39, 0.29) is 5.91 Å². The molecule has 0 bridgehead atoms. The SMILES string of the molecule is O=C(C1=CCCS1)n1ccc2ccccc21. The molecule has 0 saturated carbocycles. The predicted octanol–water partition coefficient (Wildman–Crippen LogP) is 3.30. The van der Waals surface area contributed by atoms with Crippen LogP contribution < -0.4 is 0 Å². The number of benzene rings is 1. The van der Waals surface area contributed by atoms with E-state index in [0.29, 0.717) is 0 Å².